The Labute approximate surface area is 102 Å². The summed E-state index contributed by atoms with van der Waals surface area (Å²) in [5.41, 5.74) is 5.69. The van der Waals surface area contributed by atoms with E-state index >= 15 is 0 Å². The Balaban J connectivity index is 2.40. The molecule has 0 aromatic rings. The molecule has 6 heteroatoms. The summed E-state index contributed by atoms with van der Waals surface area (Å²) >= 11 is 0. The van der Waals surface area contributed by atoms with E-state index in [2.05, 4.69) is 0 Å². The maximum absolute atomic E-state index is 11.8. The summed E-state index contributed by atoms with van der Waals surface area (Å²) in [6, 6.07) is -0.427. The maximum atomic E-state index is 11.8. The number of carbonyl (C=O) groups is 2. The number of rotatable bonds is 3. The molecule has 17 heavy (non-hydrogen) atoms. The van der Waals surface area contributed by atoms with Crippen LogP contribution in [0.25, 0.3) is 0 Å². The SMILES string of the molecule is CCOC(=O)N1CCN(C(=O)[C@@H](N)CC)CC1. The summed E-state index contributed by atoms with van der Waals surface area (Å²) in [5.74, 6) is -0.0315. The zero-order valence-electron chi connectivity index (χ0n) is 10.5. The van der Waals surface area contributed by atoms with Crippen LogP contribution in [-0.2, 0) is 9.53 Å². The van der Waals surface area contributed by atoms with Crippen molar-refractivity contribution in [3.8, 4) is 0 Å². The van der Waals surface area contributed by atoms with Gasteiger partial charge in [0.05, 0.1) is 12.6 Å². The van der Waals surface area contributed by atoms with E-state index in [4.69, 9.17) is 10.5 Å². The Morgan fingerprint density at radius 2 is 1.71 bits per heavy atom. The van der Waals surface area contributed by atoms with Gasteiger partial charge >= 0.3 is 6.09 Å². The molecule has 1 saturated heterocycles. The third kappa shape index (κ3) is 3.59. The normalized spacial score (nSPS) is 17.8. The molecule has 0 aromatic heterocycles. The standard InChI is InChI=1S/C11H21N3O3/c1-3-9(12)10(15)13-5-7-14(8-6-13)11(16)17-4-2/h9H,3-8,12H2,1-2H3/t9-/m0/s1. The fourth-order valence-corrected chi connectivity index (χ4v) is 1.73. The summed E-state index contributed by atoms with van der Waals surface area (Å²) in [6.07, 6.45) is 0.330. The van der Waals surface area contributed by atoms with Crippen LogP contribution in [0, 0.1) is 0 Å². The lowest BCUT2D eigenvalue weighted by atomic mass is 10.2. The average molecular weight is 243 g/mol. The number of hydrogen-bond acceptors (Lipinski definition) is 4. The zero-order chi connectivity index (χ0) is 12.8. The summed E-state index contributed by atoms with van der Waals surface area (Å²) in [7, 11) is 0. The maximum Gasteiger partial charge on any atom is 0.409 e. The van der Waals surface area contributed by atoms with Crippen LogP contribution < -0.4 is 5.73 Å². The minimum Gasteiger partial charge on any atom is -0.450 e. The molecule has 2 N–H and O–H groups in total. The van der Waals surface area contributed by atoms with E-state index < -0.39 is 6.04 Å². The highest BCUT2D eigenvalue weighted by Gasteiger charge is 2.26. The number of amides is 2. The van der Waals surface area contributed by atoms with Crippen LogP contribution >= 0.6 is 0 Å². The summed E-state index contributed by atoms with van der Waals surface area (Å²) in [6.45, 7) is 6.13. The molecule has 1 heterocycles. The van der Waals surface area contributed by atoms with E-state index in [1.54, 1.807) is 16.7 Å². The molecule has 6 nitrogen and oxygen atoms in total. The van der Waals surface area contributed by atoms with Crippen molar-refractivity contribution in [3.05, 3.63) is 0 Å². The van der Waals surface area contributed by atoms with Crippen molar-refractivity contribution >= 4 is 12.0 Å². The van der Waals surface area contributed by atoms with Crippen LogP contribution in [0.3, 0.4) is 0 Å². The van der Waals surface area contributed by atoms with Crippen LogP contribution in [0.15, 0.2) is 0 Å². The summed E-state index contributed by atoms with van der Waals surface area (Å²) in [5, 5.41) is 0. The van der Waals surface area contributed by atoms with Crippen molar-refractivity contribution in [2.75, 3.05) is 32.8 Å². The lowest BCUT2D eigenvalue weighted by molar-refractivity contribution is -0.134. The van der Waals surface area contributed by atoms with Gasteiger partial charge in [-0.1, -0.05) is 6.92 Å². The molecule has 0 aliphatic carbocycles. The van der Waals surface area contributed by atoms with Crippen molar-refractivity contribution in [3.63, 3.8) is 0 Å². The fraction of sp³-hybridized carbons (Fsp3) is 0.818. The predicted molar refractivity (Wildman–Crippen MR) is 63.4 cm³/mol. The van der Waals surface area contributed by atoms with Crippen molar-refractivity contribution < 1.29 is 14.3 Å². The number of piperazine rings is 1. The van der Waals surface area contributed by atoms with Gasteiger partial charge in [-0.15, -0.1) is 0 Å². The van der Waals surface area contributed by atoms with Crippen molar-refractivity contribution in [1.29, 1.82) is 0 Å². The first-order chi connectivity index (χ1) is 8.10. The van der Waals surface area contributed by atoms with Crippen molar-refractivity contribution in [1.82, 2.24) is 9.80 Å². The fourth-order valence-electron chi connectivity index (χ4n) is 1.73. The molecule has 0 unspecified atom stereocenters. The van der Waals surface area contributed by atoms with Gasteiger partial charge in [-0.2, -0.15) is 0 Å². The van der Waals surface area contributed by atoms with Gasteiger partial charge in [-0.3, -0.25) is 4.79 Å². The number of nitrogens with two attached hydrogens (primary N) is 1. The molecule has 0 radical (unpaired) electrons. The second-order valence-corrected chi connectivity index (χ2v) is 4.03. The molecule has 0 saturated carbocycles. The summed E-state index contributed by atoms with van der Waals surface area (Å²) < 4.78 is 4.90. The Hall–Kier alpha value is -1.30. The van der Waals surface area contributed by atoms with Gasteiger partial charge in [0.1, 0.15) is 0 Å². The van der Waals surface area contributed by atoms with Crippen molar-refractivity contribution in [2.24, 2.45) is 5.73 Å². The number of carbonyl (C=O) groups excluding carboxylic acids is 2. The minimum absolute atomic E-state index is 0.0315. The van der Waals surface area contributed by atoms with Gasteiger partial charge in [-0.25, -0.2) is 4.79 Å². The van der Waals surface area contributed by atoms with E-state index in [0.717, 1.165) is 0 Å². The highest BCUT2D eigenvalue weighted by Crippen LogP contribution is 2.06. The molecule has 1 rings (SSSR count). The Morgan fingerprint density at radius 1 is 1.18 bits per heavy atom. The van der Waals surface area contributed by atoms with Gasteiger partial charge in [0, 0.05) is 26.2 Å². The van der Waals surface area contributed by atoms with Crippen molar-refractivity contribution in [2.45, 2.75) is 26.3 Å². The number of hydrogen-bond donors (Lipinski definition) is 1. The third-order valence-corrected chi connectivity index (χ3v) is 2.87. The number of ether oxygens (including phenoxy) is 1. The third-order valence-electron chi connectivity index (χ3n) is 2.87. The summed E-state index contributed by atoms with van der Waals surface area (Å²) in [4.78, 5) is 26.6. The molecule has 2 amide bonds. The van der Waals surface area contributed by atoms with E-state index in [0.29, 0.717) is 39.2 Å². The van der Waals surface area contributed by atoms with E-state index in [1.807, 2.05) is 6.92 Å². The first-order valence-electron chi connectivity index (χ1n) is 6.06. The highest BCUT2D eigenvalue weighted by molar-refractivity contribution is 5.81. The Kier molecular flexibility index (Phi) is 5.21. The molecule has 0 spiro atoms. The van der Waals surface area contributed by atoms with Gasteiger partial charge in [0.2, 0.25) is 5.91 Å². The average Bonchev–Trinajstić information content (AvgIpc) is 2.37. The molecule has 0 bridgehead atoms. The van der Waals surface area contributed by atoms with Gasteiger partial charge in [0.25, 0.3) is 0 Å². The minimum atomic E-state index is -0.427. The molecule has 0 aromatic carbocycles. The lowest BCUT2D eigenvalue weighted by Gasteiger charge is -2.35. The largest absolute Gasteiger partial charge is 0.450 e. The molecule has 1 atom stereocenters. The molecule has 98 valence electrons. The van der Waals surface area contributed by atoms with E-state index in [-0.39, 0.29) is 12.0 Å². The van der Waals surface area contributed by atoms with Crippen LogP contribution in [0.4, 0.5) is 4.79 Å². The second kappa shape index (κ2) is 6.44. The first-order valence-corrected chi connectivity index (χ1v) is 6.06. The van der Waals surface area contributed by atoms with E-state index in [1.165, 1.54) is 0 Å². The van der Waals surface area contributed by atoms with E-state index in [9.17, 15) is 9.59 Å². The molecule has 1 fully saturated rings. The molecular formula is C11H21N3O3. The second-order valence-electron chi connectivity index (χ2n) is 4.03. The first kappa shape index (κ1) is 13.8. The topological polar surface area (TPSA) is 75.9 Å². The quantitative estimate of drug-likeness (QED) is 0.758. The van der Waals surface area contributed by atoms with Crippen LogP contribution in [0.5, 0.6) is 0 Å². The van der Waals surface area contributed by atoms with Gasteiger partial charge < -0.3 is 20.3 Å². The highest BCUT2D eigenvalue weighted by atomic mass is 16.6. The Morgan fingerprint density at radius 3 is 2.18 bits per heavy atom. The molecule has 1 aliphatic heterocycles. The van der Waals surface area contributed by atoms with Gasteiger partial charge in [-0.05, 0) is 13.3 Å². The predicted octanol–water partition coefficient (Wildman–Crippen LogP) is 0.0244. The lowest BCUT2D eigenvalue weighted by Crippen LogP contribution is -2.54. The molecule has 1 aliphatic rings. The van der Waals surface area contributed by atoms with Crippen LogP contribution in [-0.4, -0.2) is 60.6 Å². The smallest absolute Gasteiger partial charge is 0.409 e. The Bertz CT molecular complexity index is 275. The van der Waals surface area contributed by atoms with Gasteiger partial charge in [0.15, 0.2) is 0 Å². The van der Waals surface area contributed by atoms with Crippen LogP contribution in [0.1, 0.15) is 20.3 Å². The van der Waals surface area contributed by atoms with Crippen LogP contribution in [0.2, 0.25) is 0 Å². The number of nitrogens with zero attached hydrogens (tertiary/aromatic N) is 2. The monoisotopic (exact) mass is 243 g/mol. The zero-order valence-corrected chi connectivity index (χ0v) is 10.5. The molecular weight excluding hydrogens is 222 g/mol.